The van der Waals surface area contributed by atoms with E-state index < -0.39 is 49.1 Å². The Bertz CT molecular complexity index is 391. The summed E-state index contributed by atoms with van der Waals surface area (Å²) in [6, 6.07) is 0. The molecule has 1 amide bonds. The minimum absolute atomic E-state index is 0.489. The maximum atomic E-state index is 12.7. The molecule has 0 aliphatic carbocycles. The monoisotopic (exact) mass is 299 g/mol. The van der Waals surface area contributed by atoms with Crippen molar-refractivity contribution in [1.29, 1.82) is 0 Å². The lowest BCUT2D eigenvalue weighted by atomic mass is 10.2. The van der Waals surface area contributed by atoms with Crippen LogP contribution in [0.3, 0.4) is 0 Å². The molecule has 0 aromatic rings. The van der Waals surface area contributed by atoms with Gasteiger partial charge in [-0.1, -0.05) is 0 Å². The van der Waals surface area contributed by atoms with Crippen molar-refractivity contribution in [2.24, 2.45) is 0 Å². The third-order valence-corrected chi connectivity index (χ3v) is 2.39. The summed E-state index contributed by atoms with van der Waals surface area (Å²) in [7, 11) is 0. The first-order valence-corrected chi connectivity index (χ1v) is 5.83. The number of carbonyl (C=O) groups is 2. The third kappa shape index (κ3) is 4.55. The minimum Gasteiger partial charge on any atom is -0.479 e. The zero-order valence-corrected chi connectivity index (χ0v) is 11.2. The molecule has 1 aliphatic rings. The lowest BCUT2D eigenvalue weighted by Crippen LogP contribution is -2.57. The van der Waals surface area contributed by atoms with E-state index in [9.17, 15) is 22.8 Å². The Morgan fingerprint density at radius 1 is 1.25 bits per heavy atom. The highest BCUT2D eigenvalue weighted by Gasteiger charge is 2.48. The number of hydrogen-bond donors (Lipinski definition) is 1. The van der Waals surface area contributed by atoms with E-state index >= 15 is 0 Å². The Kier molecular flexibility index (Phi) is 4.52. The van der Waals surface area contributed by atoms with Crippen molar-refractivity contribution in [3.63, 3.8) is 0 Å². The van der Waals surface area contributed by atoms with Crippen LogP contribution in [-0.4, -0.2) is 59.1 Å². The molecule has 1 N–H and O–H groups in total. The predicted octanol–water partition coefficient (Wildman–Crippen LogP) is 1.64. The molecule has 0 aromatic heterocycles. The lowest BCUT2D eigenvalue weighted by molar-refractivity contribution is -0.251. The summed E-state index contributed by atoms with van der Waals surface area (Å²) in [6.07, 6.45) is -9.83. The van der Waals surface area contributed by atoms with Gasteiger partial charge in [0.1, 0.15) is 5.60 Å². The first-order chi connectivity index (χ1) is 8.90. The van der Waals surface area contributed by atoms with E-state index in [0.717, 1.165) is 0 Å². The molecule has 0 bridgehead atoms. The number of aliphatic carboxylic acids is 1. The molecular formula is C11H16F3NO5. The number of hydrogen-bond acceptors (Lipinski definition) is 4. The molecule has 0 unspecified atom stereocenters. The molecule has 1 rings (SSSR count). The standard InChI is InChI=1S/C11H16F3NO5/c1-10(2,3)20-9(18)15-4-6(8(16)17)19-7(5-15)11(12,13)14/h6-7H,4-5H2,1-3H3,(H,16,17)/t6-,7+/m1/s1. The molecule has 1 aliphatic heterocycles. The van der Waals surface area contributed by atoms with Crippen LogP contribution < -0.4 is 0 Å². The van der Waals surface area contributed by atoms with Gasteiger partial charge in [-0.05, 0) is 20.8 Å². The molecular weight excluding hydrogens is 283 g/mol. The summed E-state index contributed by atoms with van der Waals surface area (Å²) in [5, 5.41) is 8.78. The van der Waals surface area contributed by atoms with Gasteiger partial charge in [0.2, 0.25) is 0 Å². The number of carbonyl (C=O) groups excluding carboxylic acids is 1. The second-order valence-electron chi connectivity index (χ2n) is 5.38. The van der Waals surface area contributed by atoms with Gasteiger partial charge in [-0.25, -0.2) is 9.59 Å². The van der Waals surface area contributed by atoms with Gasteiger partial charge in [0, 0.05) is 0 Å². The highest BCUT2D eigenvalue weighted by Crippen LogP contribution is 2.28. The normalized spacial score (nSPS) is 24.4. The van der Waals surface area contributed by atoms with Crippen LogP contribution in [0.4, 0.5) is 18.0 Å². The Morgan fingerprint density at radius 3 is 2.20 bits per heavy atom. The van der Waals surface area contributed by atoms with Crippen LogP contribution in [0.25, 0.3) is 0 Å². The highest BCUT2D eigenvalue weighted by molar-refractivity contribution is 5.75. The molecule has 1 fully saturated rings. The third-order valence-electron chi connectivity index (χ3n) is 2.39. The summed E-state index contributed by atoms with van der Waals surface area (Å²) in [4.78, 5) is 23.3. The van der Waals surface area contributed by atoms with Crippen molar-refractivity contribution in [2.45, 2.75) is 44.8 Å². The molecule has 0 saturated carbocycles. The first-order valence-electron chi connectivity index (χ1n) is 5.83. The fourth-order valence-corrected chi connectivity index (χ4v) is 1.55. The number of carboxylic acid groups (broad SMARTS) is 1. The maximum Gasteiger partial charge on any atom is 0.416 e. The number of ether oxygens (including phenoxy) is 2. The number of carboxylic acids is 1. The first kappa shape index (κ1) is 16.5. The molecule has 1 heterocycles. The van der Waals surface area contributed by atoms with Crippen molar-refractivity contribution in [1.82, 2.24) is 4.90 Å². The van der Waals surface area contributed by atoms with Crippen LogP contribution >= 0.6 is 0 Å². The van der Waals surface area contributed by atoms with Crippen molar-refractivity contribution in [3.05, 3.63) is 0 Å². The van der Waals surface area contributed by atoms with Crippen molar-refractivity contribution >= 4 is 12.1 Å². The van der Waals surface area contributed by atoms with E-state index in [0.29, 0.717) is 4.90 Å². The van der Waals surface area contributed by atoms with Crippen molar-refractivity contribution in [3.8, 4) is 0 Å². The summed E-state index contributed by atoms with van der Waals surface area (Å²) in [5.74, 6) is -1.56. The van der Waals surface area contributed by atoms with Gasteiger partial charge in [-0.2, -0.15) is 13.2 Å². The summed E-state index contributed by atoms with van der Waals surface area (Å²) < 4.78 is 47.4. The van der Waals surface area contributed by atoms with Gasteiger partial charge in [-0.15, -0.1) is 0 Å². The fraction of sp³-hybridized carbons (Fsp3) is 0.818. The SMILES string of the molecule is CC(C)(C)OC(=O)N1C[C@@H](C(F)(F)F)O[C@@H](C(=O)O)C1. The molecule has 20 heavy (non-hydrogen) atoms. The van der Waals surface area contributed by atoms with Crippen molar-refractivity contribution in [2.75, 3.05) is 13.1 Å². The Balaban J connectivity index is 2.85. The number of nitrogens with zero attached hydrogens (tertiary/aromatic N) is 1. The van der Waals surface area contributed by atoms with E-state index in [2.05, 4.69) is 4.74 Å². The molecule has 0 radical (unpaired) electrons. The molecule has 2 atom stereocenters. The van der Waals surface area contributed by atoms with E-state index in [1.54, 1.807) is 20.8 Å². The number of amides is 1. The van der Waals surface area contributed by atoms with Gasteiger partial charge >= 0.3 is 18.2 Å². The van der Waals surface area contributed by atoms with E-state index in [1.165, 1.54) is 0 Å². The Labute approximate surface area is 113 Å². The molecule has 116 valence electrons. The van der Waals surface area contributed by atoms with E-state index in [-0.39, 0.29) is 0 Å². The maximum absolute atomic E-state index is 12.7. The average molecular weight is 299 g/mol. The minimum atomic E-state index is -4.76. The zero-order chi connectivity index (χ0) is 15.7. The molecule has 0 spiro atoms. The fourth-order valence-electron chi connectivity index (χ4n) is 1.55. The van der Waals surface area contributed by atoms with Gasteiger partial charge in [0.05, 0.1) is 13.1 Å². The number of rotatable bonds is 1. The predicted molar refractivity (Wildman–Crippen MR) is 60.2 cm³/mol. The molecule has 0 aromatic carbocycles. The second kappa shape index (κ2) is 5.47. The van der Waals surface area contributed by atoms with E-state index in [1.807, 2.05) is 0 Å². The summed E-state index contributed by atoms with van der Waals surface area (Å²) >= 11 is 0. The smallest absolute Gasteiger partial charge is 0.416 e. The van der Waals surface area contributed by atoms with Crippen LogP contribution in [-0.2, 0) is 14.3 Å². The average Bonchev–Trinajstić information content (AvgIpc) is 2.24. The molecule has 1 saturated heterocycles. The van der Waals surface area contributed by atoms with Crippen LogP contribution in [0.1, 0.15) is 20.8 Å². The van der Waals surface area contributed by atoms with Gasteiger partial charge in [0.25, 0.3) is 0 Å². The van der Waals surface area contributed by atoms with Crippen molar-refractivity contribution < 1.29 is 37.3 Å². The van der Waals surface area contributed by atoms with Crippen LogP contribution in [0, 0.1) is 0 Å². The summed E-state index contributed by atoms with van der Waals surface area (Å²) in [6.45, 7) is 3.39. The van der Waals surface area contributed by atoms with Crippen LogP contribution in [0.5, 0.6) is 0 Å². The van der Waals surface area contributed by atoms with Gasteiger partial charge in [0.15, 0.2) is 12.2 Å². The molecule has 6 nitrogen and oxygen atoms in total. The molecule has 9 heteroatoms. The van der Waals surface area contributed by atoms with Gasteiger partial charge in [-0.3, -0.25) is 0 Å². The highest BCUT2D eigenvalue weighted by atomic mass is 19.4. The van der Waals surface area contributed by atoms with Crippen LogP contribution in [0.2, 0.25) is 0 Å². The number of morpholine rings is 1. The second-order valence-corrected chi connectivity index (χ2v) is 5.38. The van der Waals surface area contributed by atoms with E-state index in [4.69, 9.17) is 9.84 Å². The van der Waals surface area contributed by atoms with Gasteiger partial charge < -0.3 is 19.5 Å². The Morgan fingerprint density at radius 2 is 1.80 bits per heavy atom. The zero-order valence-electron chi connectivity index (χ0n) is 11.2. The summed E-state index contributed by atoms with van der Waals surface area (Å²) in [5.41, 5.74) is -0.887. The number of halogens is 3. The topological polar surface area (TPSA) is 76.1 Å². The number of alkyl halides is 3. The van der Waals surface area contributed by atoms with Crippen LogP contribution in [0.15, 0.2) is 0 Å². The largest absolute Gasteiger partial charge is 0.479 e. The Hall–Kier alpha value is -1.51. The lowest BCUT2D eigenvalue weighted by Gasteiger charge is -2.37. The quantitative estimate of drug-likeness (QED) is 0.796.